The van der Waals surface area contributed by atoms with E-state index in [9.17, 15) is 4.79 Å². The zero-order valence-corrected chi connectivity index (χ0v) is 13.8. The van der Waals surface area contributed by atoms with Crippen molar-refractivity contribution in [1.29, 1.82) is 0 Å². The summed E-state index contributed by atoms with van der Waals surface area (Å²) in [7, 11) is 0. The topological polar surface area (TPSA) is 55.1 Å². The highest BCUT2D eigenvalue weighted by Gasteiger charge is 2.08. The normalized spacial score (nSPS) is 12.1. The van der Waals surface area contributed by atoms with Crippen LogP contribution in [-0.4, -0.2) is 24.5 Å². The van der Waals surface area contributed by atoms with E-state index in [0.717, 1.165) is 18.5 Å². The molecule has 3 nitrogen and oxygen atoms in total. The number of carbonyl (C=O) groups is 1. The molecule has 0 aromatic heterocycles. The van der Waals surface area contributed by atoms with E-state index >= 15 is 0 Å². The molecule has 1 rings (SSSR count). The monoisotopic (exact) mass is 308 g/mol. The zero-order chi connectivity index (χ0) is 15.3. The molecule has 0 aliphatic heterocycles. The van der Waals surface area contributed by atoms with Crippen LogP contribution in [0.25, 0.3) is 0 Å². The minimum atomic E-state index is -0.0523. The number of thioether (sulfide) groups is 1. The summed E-state index contributed by atoms with van der Waals surface area (Å²) in [5.41, 5.74) is 7.18. The largest absolute Gasteiger partial charge is 0.356 e. The van der Waals surface area contributed by atoms with Crippen LogP contribution in [0.2, 0.25) is 0 Å². The molecule has 1 unspecified atom stereocenters. The molecule has 0 heterocycles. The highest BCUT2D eigenvalue weighted by Crippen LogP contribution is 2.14. The molecule has 1 aromatic rings. The van der Waals surface area contributed by atoms with Crippen molar-refractivity contribution >= 4 is 17.7 Å². The summed E-state index contributed by atoms with van der Waals surface area (Å²) < 4.78 is 0. The third-order valence-electron chi connectivity index (χ3n) is 3.51. The first-order valence-corrected chi connectivity index (χ1v) is 9.19. The van der Waals surface area contributed by atoms with Gasteiger partial charge < -0.3 is 11.1 Å². The van der Waals surface area contributed by atoms with Crippen LogP contribution in [0.4, 0.5) is 0 Å². The third-order valence-corrected chi connectivity index (χ3v) is 4.20. The molecule has 0 aliphatic carbocycles. The number of hydrogen-bond donors (Lipinski definition) is 2. The Morgan fingerprint density at radius 1 is 1.19 bits per heavy atom. The number of amides is 1. The van der Waals surface area contributed by atoms with Crippen LogP contribution in [0.1, 0.15) is 50.1 Å². The molecule has 0 saturated carbocycles. The SMILES string of the molecule is CSCCCCCCNC(=O)CCC(N)c1ccccc1. The van der Waals surface area contributed by atoms with Crippen LogP contribution in [0, 0.1) is 0 Å². The fraction of sp³-hybridized carbons (Fsp3) is 0.588. The summed E-state index contributed by atoms with van der Waals surface area (Å²) >= 11 is 1.90. The Kier molecular flexibility index (Phi) is 10.0. The first-order valence-electron chi connectivity index (χ1n) is 7.80. The second kappa shape index (κ2) is 11.6. The second-order valence-corrected chi connectivity index (χ2v) is 6.30. The van der Waals surface area contributed by atoms with Crippen molar-refractivity contribution in [2.24, 2.45) is 5.73 Å². The number of nitrogens with one attached hydrogen (secondary N) is 1. The fourth-order valence-electron chi connectivity index (χ4n) is 2.19. The Hall–Kier alpha value is -1.00. The van der Waals surface area contributed by atoms with E-state index < -0.39 is 0 Å². The van der Waals surface area contributed by atoms with E-state index in [-0.39, 0.29) is 11.9 Å². The third kappa shape index (κ3) is 8.79. The molecule has 0 spiro atoms. The smallest absolute Gasteiger partial charge is 0.220 e. The van der Waals surface area contributed by atoms with Crippen LogP contribution < -0.4 is 11.1 Å². The van der Waals surface area contributed by atoms with Gasteiger partial charge in [0.25, 0.3) is 0 Å². The van der Waals surface area contributed by atoms with E-state index in [4.69, 9.17) is 5.73 Å². The fourth-order valence-corrected chi connectivity index (χ4v) is 2.69. The molecule has 0 radical (unpaired) electrons. The number of nitrogens with two attached hydrogens (primary N) is 1. The van der Waals surface area contributed by atoms with Crippen molar-refractivity contribution in [3.63, 3.8) is 0 Å². The molecule has 3 N–H and O–H groups in total. The van der Waals surface area contributed by atoms with Crippen LogP contribution in [0.5, 0.6) is 0 Å². The molecular formula is C17H28N2OS. The van der Waals surface area contributed by atoms with Crippen molar-refractivity contribution in [1.82, 2.24) is 5.32 Å². The second-order valence-electron chi connectivity index (χ2n) is 5.31. The molecular weight excluding hydrogens is 280 g/mol. The number of carbonyl (C=O) groups excluding carboxylic acids is 1. The molecule has 21 heavy (non-hydrogen) atoms. The minimum absolute atomic E-state index is 0.0523. The lowest BCUT2D eigenvalue weighted by molar-refractivity contribution is -0.121. The number of hydrogen-bond acceptors (Lipinski definition) is 3. The predicted octanol–water partition coefficient (Wildman–Crippen LogP) is 3.51. The molecule has 0 fully saturated rings. The summed E-state index contributed by atoms with van der Waals surface area (Å²) in [4.78, 5) is 11.7. The number of unbranched alkanes of at least 4 members (excludes halogenated alkanes) is 3. The van der Waals surface area contributed by atoms with Crippen LogP contribution >= 0.6 is 11.8 Å². The average molecular weight is 308 g/mol. The van der Waals surface area contributed by atoms with Crippen LogP contribution in [0.15, 0.2) is 30.3 Å². The number of benzene rings is 1. The lowest BCUT2D eigenvalue weighted by Gasteiger charge is -2.11. The summed E-state index contributed by atoms with van der Waals surface area (Å²) in [6.45, 7) is 0.790. The standard InChI is InChI=1S/C17H28N2OS/c1-21-14-8-3-2-7-13-19-17(20)12-11-16(18)15-9-5-4-6-10-15/h4-6,9-10,16H,2-3,7-8,11-14,18H2,1H3,(H,19,20). The van der Waals surface area contributed by atoms with Gasteiger partial charge in [0.1, 0.15) is 0 Å². The summed E-state index contributed by atoms with van der Waals surface area (Å²) in [5, 5.41) is 2.98. The Morgan fingerprint density at radius 2 is 1.90 bits per heavy atom. The zero-order valence-electron chi connectivity index (χ0n) is 13.0. The minimum Gasteiger partial charge on any atom is -0.356 e. The van der Waals surface area contributed by atoms with Gasteiger partial charge in [-0.15, -0.1) is 0 Å². The van der Waals surface area contributed by atoms with Gasteiger partial charge in [-0.05, 0) is 36.8 Å². The summed E-state index contributed by atoms with van der Waals surface area (Å²) in [6, 6.07) is 9.90. The average Bonchev–Trinajstić information content (AvgIpc) is 2.52. The van der Waals surface area contributed by atoms with Gasteiger partial charge in [0, 0.05) is 19.0 Å². The van der Waals surface area contributed by atoms with Crippen molar-refractivity contribution in [2.75, 3.05) is 18.6 Å². The van der Waals surface area contributed by atoms with Gasteiger partial charge in [0.15, 0.2) is 0 Å². The van der Waals surface area contributed by atoms with Gasteiger partial charge in [-0.2, -0.15) is 11.8 Å². The molecule has 1 atom stereocenters. The predicted molar refractivity (Wildman–Crippen MR) is 92.5 cm³/mol. The van der Waals surface area contributed by atoms with Crippen LogP contribution in [-0.2, 0) is 4.79 Å². The first kappa shape index (κ1) is 18.1. The molecule has 1 aromatic carbocycles. The quantitative estimate of drug-likeness (QED) is 0.615. The molecule has 0 saturated heterocycles. The van der Waals surface area contributed by atoms with Crippen LogP contribution in [0.3, 0.4) is 0 Å². The van der Waals surface area contributed by atoms with Crippen molar-refractivity contribution < 1.29 is 4.79 Å². The van der Waals surface area contributed by atoms with Gasteiger partial charge in [-0.25, -0.2) is 0 Å². The lowest BCUT2D eigenvalue weighted by atomic mass is 10.0. The van der Waals surface area contributed by atoms with Crippen molar-refractivity contribution in [2.45, 2.75) is 44.6 Å². The van der Waals surface area contributed by atoms with Crippen molar-refractivity contribution in [3.05, 3.63) is 35.9 Å². The highest BCUT2D eigenvalue weighted by atomic mass is 32.2. The maximum Gasteiger partial charge on any atom is 0.220 e. The Labute approximate surface area is 133 Å². The molecule has 0 bridgehead atoms. The van der Waals surface area contributed by atoms with Gasteiger partial charge in [0.2, 0.25) is 5.91 Å². The van der Waals surface area contributed by atoms with E-state index in [1.54, 1.807) is 0 Å². The van der Waals surface area contributed by atoms with Crippen molar-refractivity contribution in [3.8, 4) is 0 Å². The Balaban J connectivity index is 2.03. The lowest BCUT2D eigenvalue weighted by Crippen LogP contribution is -2.25. The number of rotatable bonds is 11. The van der Waals surface area contributed by atoms with Gasteiger partial charge in [-0.1, -0.05) is 43.2 Å². The molecule has 4 heteroatoms. The molecule has 118 valence electrons. The molecule has 1 amide bonds. The highest BCUT2D eigenvalue weighted by molar-refractivity contribution is 7.98. The summed E-state index contributed by atoms with van der Waals surface area (Å²) in [5.74, 6) is 1.36. The van der Waals surface area contributed by atoms with Gasteiger partial charge in [-0.3, -0.25) is 4.79 Å². The maximum absolute atomic E-state index is 11.7. The molecule has 0 aliphatic rings. The van der Waals surface area contributed by atoms with E-state index in [2.05, 4.69) is 11.6 Å². The first-order chi connectivity index (χ1) is 10.2. The summed E-state index contributed by atoms with van der Waals surface area (Å²) in [6.07, 6.45) is 8.15. The van der Waals surface area contributed by atoms with Gasteiger partial charge in [0.05, 0.1) is 0 Å². The van der Waals surface area contributed by atoms with Gasteiger partial charge >= 0.3 is 0 Å². The van der Waals surface area contributed by atoms with E-state index in [1.807, 2.05) is 42.1 Å². The Bertz CT molecular complexity index is 384. The van der Waals surface area contributed by atoms with E-state index in [1.165, 1.54) is 25.0 Å². The maximum atomic E-state index is 11.7. The Morgan fingerprint density at radius 3 is 2.62 bits per heavy atom. The van der Waals surface area contributed by atoms with E-state index in [0.29, 0.717) is 12.8 Å².